The number of ether oxygens (including phenoxy) is 2. The molecular formula is C24H32N2O3. The quantitative estimate of drug-likeness (QED) is 0.767. The molecule has 1 aliphatic rings. The molecule has 1 amide bonds. The number of rotatable bonds is 5. The van der Waals surface area contributed by atoms with Gasteiger partial charge in [-0.3, -0.25) is 9.69 Å². The van der Waals surface area contributed by atoms with Crippen LogP contribution in [0.5, 0.6) is 11.5 Å². The maximum absolute atomic E-state index is 12.9. The lowest BCUT2D eigenvalue weighted by molar-refractivity contribution is 0.0628. The van der Waals surface area contributed by atoms with Crippen molar-refractivity contribution in [1.29, 1.82) is 0 Å². The summed E-state index contributed by atoms with van der Waals surface area (Å²) in [4.78, 5) is 17.2. The van der Waals surface area contributed by atoms with Crippen LogP contribution in [0.3, 0.4) is 0 Å². The highest BCUT2D eigenvalue weighted by Crippen LogP contribution is 2.28. The van der Waals surface area contributed by atoms with E-state index >= 15 is 0 Å². The monoisotopic (exact) mass is 396 g/mol. The second-order valence-electron chi connectivity index (χ2n) is 8.59. The van der Waals surface area contributed by atoms with Crippen molar-refractivity contribution in [3.8, 4) is 11.5 Å². The Bertz CT molecular complexity index is 832. The van der Waals surface area contributed by atoms with E-state index in [4.69, 9.17) is 9.47 Å². The summed E-state index contributed by atoms with van der Waals surface area (Å²) in [5.41, 5.74) is 3.29. The third-order valence-electron chi connectivity index (χ3n) is 5.51. The first-order valence-corrected chi connectivity index (χ1v) is 10.1. The van der Waals surface area contributed by atoms with Gasteiger partial charge in [0.2, 0.25) is 0 Å². The Morgan fingerprint density at radius 1 is 0.897 bits per heavy atom. The number of nitrogens with zero attached hydrogens (tertiary/aromatic N) is 2. The summed E-state index contributed by atoms with van der Waals surface area (Å²) < 4.78 is 10.7. The van der Waals surface area contributed by atoms with E-state index in [2.05, 4.69) is 43.9 Å². The van der Waals surface area contributed by atoms with Crippen molar-refractivity contribution in [2.75, 3.05) is 40.4 Å². The Balaban J connectivity index is 1.57. The Morgan fingerprint density at radius 2 is 1.52 bits per heavy atom. The standard InChI is InChI=1S/C24H32N2O3/c1-24(2,3)20-9-7-19(8-10-20)23(27)26-14-12-25(13-15-26)17-18-6-11-21(28-4)22(16-18)29-5/h6-11,16H,12-15,17H2,1-5H3. The van der Waals surface area contributed by atoms with E-state index in [9.17, 15) is 4.79 Å². The first kappa shape index (κ1) is 21.2. The molecule has 0 N–H and O–H groups in total. The molecule has 1 saturated heterocycles. The fourth-order valence-electron chi connectivity index (χ4n) is 3.64. The number of methoxy groups -OCH3 is 2. The second-order valence-corrected chi connectivity index (χ2v) is 8.59. The lowest BCUT2D eigenvalue weighted by Gasteiger charge is -2.35. The molecule has 0 aromatic heterocycles. The Kier molecular flexibility index (Phi) is 6.48. The van der Waals surface area contributed by atoms with Crippen LogP contribution in [0.1, 0.15) is 42.3 Å². The van der Waals surface area contributed by atoms with Gasteiger partial charge in [0, 0.05) is 38.3 Å². The molecule has 1 heterocycles. The molecule has 1 fully saturated rings. The summed E-state index contributed by atoms with van der Waals surface area (Å²) in [6, 6.07) is 14.1. The molecule has 0 saturated carbocycles. The molecule has 0 spiro atoms. The normalized spacial score (nSPS) is 15.3. The van der Waals surface area contributed by atoms with Gasteiger partial charge in [-0.25, -0.2) is 0 Å². The predicted octanol–water partition coefficient (Wildman–Crippen LogP) is 3.96. The summed E-state index contributed by atoms with van der Waals surface area (Å²) >= 11 is 0. The van der Waals surface area contributed by atoms with E-state index in [-0.39, 0.29) is 11.3 Å². The molecule has 0 atom stereocenters. The van der Waals surface area contributed by atoms with Crippen molar-refractivity contribution < 1.29 is 14.3 Å². The number of carbonyl (C=O) groups excluding carboxylic acids is 1. The van der Waals surface area contributed by atoms with Gasteiger partial charge < -0.3 is 14.4 Å². The number of piperazine rings is 1. The summed E-state index contributed by atoms with van der Waals surface area (Å²) in [5, 5.41) is 0. The highest BCUT2D eigenvalue weighted by Gasteiger charge is 2.23. The lowest BCUT2D eigenvalue weighted by Crippen LogP contribution is -2.48. The first-order chi connectivity index (χ1) is 13.8. The van der Waals surface area contributed by atoms with E-state index < -0.39 is 0 Å². The van der Waals surface area contributed by atoms with Gasteiger partial charge in [-0.2, -0.15) is 0 Å². The number of carbonyl (C=O) groups is 1. The van der Waals surface area contributed by atoms with Gasteiger partial charge in [0.25, 0.3) is 5.91 Å². The van der Waals surface area contributed by atoms with Crippen LogP contribution in [0.4, 0.5) is 0 Å². The minimum Gasteiger partial charge on any atom is -0.493 e. The Labute approximate surface area is 174 Å². The summed E-state index contributed by atoms with van der Waals surface area (Å²) in [5.74, 6) is 1.61. The van der Waals surface area contributed by atoms with Gasteiger partial charge in [0.1, 0.15) is 0 Å². The molecule has 5 heteroatoms. The van der Waals surface area contributed by atoms with Crippen LogP contribution in [0.15, 0.2) is 42.5 Å². The van der Waals surface area contributed by atoms with E-state index in [1.165, 1.54) is 11.1 Å². The van der Waals surface area contributed by atoms with Gasteiger partial charge in [0.05, 0.1) is 14.2 Å². The van der Waals surface area contributed by atoms with Crippen molar-refractivity contribution in [2.45, 2.75) is 32.7 Å². The van der Waals surface area contributed by atoms with Crippen molar-refractivity contribution in [1.82, 2.24) is 9.80 Å². The summed E-state index contributed by atoms with van der Waals surface area (Å²) in [6.45, 7) is 10.6. The van der Waals surface area contributed by atoms with Crippen LogP contribution in [0, 0.1) is 0 Å². The third-order valence-corrected chi connectivity index (χ3v) is 5.51. The first-order valence-electron chi connectivity index (χ1n) is 10.1. The van der Waals surface area contributed by atoms with Gasteiger partial charge in [-0.15, -0.1) is 0 Å². The van der Waals surface area contributed by atoms with Crippen LogP contribution < -0.4 is 9.47 Å². The van der Waals surface area contributed by atoms with E-state index in [0.717, 1.165) is 49.8 Å². The number of benzene rings is 2. The van der Waals surface area contributed by atoms with Crippen molar-refractivity contribution in [2.24, 2.45) is 0 Å². The fraction of sp³-hybridized carbons (Fsp3) is 0.458. The molecule has 29 heavy (non-hydrogen) atoms. The molecule has 1 aliphatic heterocycles. The average molecular weight is 397 g/mol. The fourth-order valence-corrected chi connectivity index (χ4v) is 3.64. The molecule has 5 nitrogen and oxygen atoms in total. The minimum absolute atomic E-state index is 0.0946. The highest BCUT2D eigenvalue weighted by molar-refractivity contribution is 5.94. The lowest BCUT2D eigenvalue weighted by atomic mass is 9.86. The molecular weight excluding hydrogens is 364 g/mol. The van der Waals surface area contributed by atoms with Crippen LogP contribution in [0.2, 0.25) is 0 Å². The predicted molar refractivity (Wildman–Crippen MR) is 116 cm³/mol. The van der Waals surface area contributed by atoms with Gasteiger partial charge in [-0.1, -0.05) is 39.0 Å². The van der Waals surface area contributed by atoms with Crippen LogP contribution >= 0.6 is 0 Å². The van der Waals surface area contributed by atoms with Crippen molar-refractivity contribution in [3.05, 3.63) is 59.2 Å². The van der Waals surface area contributed by atoms with Crippen molar-refractivity contribution >= 4 is 5.91 Å². The van der Waals surface area contributed by atoms with E-state index in [0.29, 0.717) is 0 Å². The summed E-state index contributed by atoms with van der Waals surface area (Å²) in [7, 11) is 3.30. The van der Waals surface area contributed by atoms with Crippen molar-refractivity contribution in [3.63, 3.8) is 0 Å². The minimum atomic E-state index is 0.0946. The second kappa shape index (κ2) is 8.87. The molecule has 0 radical (unpaired) electrons. The zero-order valence-corrected chi connectivity index (χ0v) is 18.2. The van der Waals surface area contributed by atoms with E-state index in [1.807, 2.05) is 29.2 Å². The highest BCUT2D eigenvalue weighted by atomic mass is 16.5. The van der Waals surface area contributed by atoms with E-state index in [1.54, 1.807) is 14.2 Å². The molecule has 2 aromatic rings. The smallest absolute Gasteiger partial charge is 0.253 e. The van der Waals surface area contributed by atoms with Gasteiger partial charge in [-0.05, 0) is 40.8 Å². The topological polar surface area (TPSA) is 42.0 Å². The zero-order chi connectivity index (χ0) is 21.0. The van der Waals surface area contributed by atoms with Gasteiger partial charge in [0.15, 0.2) is 11.5 Å². The average Bonchev–Trinajstić information content (AvgIpc) is 2.73. The molecule has 0 bridgehead atoms. The largest absolute Gasteiger partial charge is 0.493 e. The number of hydrogen-bond donors (Lipinski definition) is 0. The van der Waals surface area contributed by atoms with Crippen LogP contribution in [-0.2, 0) is 12.0 Å². The maximum Gasteiger partial charge on any atom is 0.253 e. The Hall–Kier alpha value is -2.53. The third kappa shape index (κ3) is 5.10. The SMILES string of the molecule is COc1ccc(CN2CCN(C(=O)c3ccc(C(C)(C)C)cc3)CC2)cc1OC. The number of hydrogen-bond acceptors (Lipinski definition) is 4. The maximum atomic E-state index is 12.9. The molecule has 156 valence electrons. The summed E-state index contributed by atoms with van der Waals surface area (Å²) in [6.07, 6.45) is 0. The molecule has 0 aliphatic carbocycles. The van der Waals surface area contributed by atoms with Crippen LogP contribution in [0.25, 0.3) is 0 Å². The molecule has 2 aromatic carbocycles. The van der Waals surface area contributed by atoms with Gasteiger partial charge >= 0.3 is 0 Å². The molecule has 3 rings (SSSR count). The Morgan fingerprint density at radius 3 is 2.07 bits per heavy atom. The van der Waals surface area contributed by atoms with Crippen LogP contribution in [-0.4, -0.2) is 56.1 Å². The zero-order valence-electron chi connectivity index (χ0n) is 18.2. The number of amides is 1. The molecule has 0 unspecified atom stereocenters.